The number of nitrogens with one attached hydrogen (secondary N) is 2. The van der Waals surface area contributed by atoms with Crippen molar-refractivity contribution in [3.63, 3.8) is 0 Å². The lowest BCUT2D eigenvalue weighted by Gasteiger charge is -2.36. The van der Waals surface area contributed by atoms with Gasteiger partial charge in [-0.3, -0.25) is 4.79 Å². The molecule has 3 atom stereocenters. The summed E-state index contributed by atoms with van der Waals surface area (Å²) in [4.78, 5) is 13.7. The molecule has 2 rings (SSSR count). The van der Waals surface area contributed by atoms with Gasteiger partial charge in [0.25, 0.3) is 0 Å². The number of likely N-dealkylation sites (tertiary alicyclic amines) is 1. The van der Waals surface area contributed by atoms with E-state index in [4.69, 9.17) is 0 Å². The molecule has 2 heterocycles. The minimum atomic E-state index is 0.229. The third-order valence-electron chi connectivity index (χ3n) is 4.27. The fourth-order valence-electron chi connectivity index (χ4n) is 3.03. The van der Waals surface area contributed by atoms with Crippen LogP contribution in [0.25, 0.3) is 0 Å². The Kier molecular flexibility index (Phi) is 4.40. The normalized spacial score (nSPS) is 32.5. The van der Waals surface area contributed by atoms with Gasteiger partial charge in [0.05, 0.1) is 0 Å². The highest BCUT2D eigenvalue weighted by Gasteiger charge is 2.27. The number of rotatable bonds is 4. The summed E-state index contributed by atoms with van der Waals surface area (Å²) in [5, 5.41) is 6.42. The smallest absolute Gasteiger partial charge is 0.220 e. The molecular formula is C13H25N3O. The van der Waals surface area contributed by atoms with E-state index >= 15 is 0 Å². The minimum Gasteiger partial charge on any atom is -0.352 e. The van der Waals surface area contributed by atoms with Gasteiger partial charge in [0.15, 0.2) is 0 Å². The average molecular weight is 239 g/mol. The van der Waals surface area contributed by atoms with Gasteiger partial charge in [0, 0.05) is 31.6 Å². The minimum absolute atomic E-state index is 0.229. The highest BCUT2D eigenvalue weighted by Crippen LogP contribution is 2.20. The molecule has 2 saturated heterocycles. The van der Waals surface area contributed by atoms with Gasteiger partial charge in [-0.2, -0.15) is 0 Å². The van der Waals surface area contributed by atoms with Crippen molar-refractivity contribution in [1.29, 1.82) is 0 Å². The maximum atomic E-state index is 11.2. The van der Waals surface area contributed by atoms with E-state index in [1.54, 1.807) is 0 Å². The summed E-state index contributed by atoms with van der Waals surface area (Å²) < 4.78 is 0. The molecular weight excluding hydrogens is 214 g/mol. The van der Waals surface area contributed by atoms with Gasteiger partial charge in [-0.25, -0.2) is 0 Å². The Morgan fingerprint density at radius 1 is 1.53 bits per heavy atom. The molecule has 0 spiro atoms. The molecule has 1 amide bonds. The van der Waals surface area contributed by atoms with Crippen LogP contribution in [-0.4, -0.2) is 49.6 Å². The van der Waals surface area contributed by atoms with Crippen LogP contribution >= 0.6 is 0 Å². The summed E-state index contributed by atoms with van der Waals surface area (Å²) >= 11 is 0. The molecule has 0 aromatic carbocycles. The lowest BCUT2D eigenvalue weighted by Crippen LogP contribution is -2.47. The van der Waals surface area contributed by atoms with Crippen molar-refractivity contribution in [3.05, 3.63) is 0 Å². The molecule has 0 aromatic rings. The van der Waals surface area contributed by atoms with Crippen molar-refractivity contribution in [2.24, 2.45) is 5.92 Å². The number of carbonyl (C=O) groups is 1. The number of carbonyl (C=O) groups excluding carboxylic acids is 1. The molecule has 0 aromatic heterocycles. The average Bonchev–Trinajstić information content (AvgIpc) is 2.74. The van der Waals surface area contributed by atoms with E-state index in [1.165, 1.54) is 25.9 Å². The zero-order valence-electron chi connectivity index (χ0n) is 11.0. The van der Waals surface area contributed by atoms with E-state index in [0.717, 1.165) is 25.3 Å². The molecule has 3 unspecified atom stereocenters. The standard InChI is InChI=1S/C13H25N3O/c1-10(14-2)11-4-3-7-16(8-11)9-12-5-6-13(17)15-12/h10-12,14H,3-9H2,1-2H3,(H,15,17). The maximum absolute atomic E-state index is 11.2. The SMILES string of the molecule is CNC(C)C1CCCN(CC2CCC(=O)N2)C1. The summed E-state index contributed by atoms with van der Waals surface area (Å²) in [5.74, 6) is 0.984. The molecule has 0 aliphatic carbocycles. The summed E-state index contributed by atoms with van der Waals surface area (Å²) in [5.41, 5.74) is 0. The summed E-state index contributed by atoms with van der Waals surface area (Å²) in [6.45, 7) is 5.68. The molecule has 98 valence electrons. The number of amides is 1. The molecule has 2 fully saturated rings. The van der Waals surface area contributed by atoms with Crippen LogP contribution in [0.1, 0.15) is 32.6 Å². The van der Waals surface area contributed by atoms with Crippen LogP contribution in [-0.2, 0) is 4.79 Å². The van der Waals surface area contributed by atoms with E-state index in [-0.39, 0.29) is 5.91 Å². The first kappa shape index (κ1) is 12.8. The fraction of sp³-hybridized carbons (Fsp3) is 0.923. The summed E-state index contributed by atoms with van der Waals surface area (Å²) in [6, 6.07) is 0.988. The third kappa shape index (κ3) is 3.42. The van der Waals surface area contributed by atoms with Crippen LogP contribution in [0.15, 0.2) is 0 Å². The van der Waals surface area contributed by atoms with Gasteiger partial charge in [-0.15, -0.1) is 0 Å². The van der Waals surface area contributed by atoms with Gasteiger partial charge >= 0.3 is 0 Å². The van der Waals surface area contributed by atoms with Crippen molar-refractivity contribution in [1.82, 2.24) is 15.5 Å². The first-order valence-electron chi connectivity index (χ1n) is 6.88. The van der Waals surface area contributed by atoms with E-state index < -0.39 is 0 Å². The Hall–Kier alpha value is -0.610. The zero-order chi connectivity index (χ0) is 12.3. The number of piperidine rings is 1. The molecule has 2 aliphatic heterocycles. The Morgan fingerprint density at radius 3 is 3.00 bits per heavy atom. The second-order valence-corrected chi connectivity index (χ2v) is 5.54. The highest BCUT2D eigenvalue weighted by molar-refractivity contribution is 5.78. The highest BCUT2D eigenvalue weighted by atomic mass is 16.1. The van der Waals surface area contributed by atoms with Crippen molar-refractivity contribution in [2.45, 2.75) is 44.7 Å². The zero-order valence-corrected chi connectivity index (χ0v) is 11.0. The van der Waals surface area contributed by atoms with Gasteiger partial charge in [-0.05, 0) is 45.7 Å². The molecule has 0 radical (unpaired) electrons. The lowest BCUT2D eigenvalue weighted by molar-refractivity contribution is -0.119. The number of nitrogens with zero attached hydrogens (tertiary/aromatic N) is 1. The Morgan fingerprint density at radius 2 is 2.35 bits per heavy atom. The monoisotopic (exact) mass is 239 g/mol. The van der Waals surface area contributed by atoms with Crippen LogP contribution in [0.3, 0.4) is 0 Å². The van der Waals surface area contributed by atoms with Gasteiger partial charge in [-0.1, -0.05) is 0 Å². The third-order valence-corrected chi connectivity index (χ3v) is 4.27. The number of hydrogen-bond donors (Lipinski definition) is 2. The van der Waals surface area contributed by atoms with E-state index in [9.17, 15) is 4.79 Å². The Balaban J connectivity index is 1.79. The lowest BCUT2D eigenvalue weighted by atomic mass is 9.91. The van der Waals surface area contributed by atoms with E-state index in [0.29, 0.717) is 12.1 Å². The van der Waals surface area contributed by atoms with Crippen molar-refractivity contribution < 1.29 is 4.79 Å². The Labute approximate surface area is 104 Å². The first-order chi connectivity index (χ1) is 8.19. The predicted molar refractivity (Wildman–Crippen MR) is 68.9 cm³/mol. The molecule has 17 heavy (non-hydrogen) atoms. The second kappa shape index (κ2) is 5.83. The molecule has 0 bridgehead atoms. The van der Waals surface area contributed by atoms with Gasteiger partial charge in [0.1, 0.15) is 0 Å². The topological polar surface area (TPSA) is 44.4 Å². The number of hydrogen-bond acceptors (Lipinski definition) is 3. The van der Waals surface area contributed by atoms with Gasteiger partial charge in [0.2, 0.25) is 5.91 Å². The van der Waals surface area contributed by atoms with Crippen molar-refractivity contribution >= 4 is 5.91 Å². The first-order valence-corrected chi connectivity index (χ1v) is 6.88. The summed E-state index contributed by atoms with van der Waals surface area (Å²) in [6.07, 6.45) is 4.35. The van der Waals surface area contributed by atoms with Crippen molar-refractivity contribution in [3.8, 4) is 0 Å². The van der Waals surface area contributed by atoms with Crippen LogP contribution in [0.4, 0.5) is 0 Å². The van der Waals surface area contributed by atoms with Gasteiger partial charge < -0.3 is 15.5 Å². The molecule has 2 N–H and O–H groups in total. The van der Waals surface area contributed by atoms with Crippen LogP contribution in [0.5, 0.6) is 0 Å². The predicted octanol–water partition coefficient (Wildman–Crippen LogP) is 0.585. The second-order valence-electron chi connectivity index (χ2n) is 5.54. The fourth-order valence-corrected chi connectivity index (χ4v) is 3.03. The van der Waals surface area contributed by atoms with Crippen LogP contribution in [0, 0.1) is 5.92 Å². The molecule has 4 nitrogen and oxygen atoms in total. The van der Waals surface area contributed by atoms with E-state index in [1.807, 2.05) is 7.05 Å². The quantitative estimate of drug-likeness (QED) is 0.754. The summed E-state index contributed by atoms with van der Waals surface area (Å²) in [7, 11) is 2.04. The van der Waals surface area contributed by atoms with Crippen LogP contribution in [0.2, 0.25) is 0 Å². The largest absolute Gasteiger partial charge is 0.352 e. The molecule has 0 saturated carbocycles. The van der Waals surface area contributed by atoms with E-state index in [2.05, 4.69) is 22.5 Å². The molecule has 2 aliphatic rings. The molecule has 4 heteroatoms. The van der Waals surface area contributed by atoms with Crippen LogP contribution < -0.4 is 10.6 Å². The van der Waals surface area contributed by atoms with Crippen molar-refractivity contribution in [2.75, 3.05) is 26.7 Å². The Bertz CT molecular complexity index is 269. The maximum Gasteiger partial charge on any atom is 0.220 e.